The number of nitrogens with zero attached hydrogens (tertiary/aromatic N) is 1. The van der Waals surface area contributed by atoms with Gasteiger partial charge in [-0.3, -0.25) is 0 Å². The van der Waals surface area contributed by atoms with Gasteiger partial charge >= 0.3 is 6.03 Å². The summed E-state index contributed by atoms with van der Waals surface area (Å²) in [6.45, 7) is -0.168. The maximum atomic E-state index is 12.6. The van der Waals surface area contributed by atoms with Crippen LogP contribution < -0.4 is 5.32 Å². The monoisotopic (exact) mass is 356 g/mol. The van der Waals surface area contributed by atoms with Crippen molar-refractivity contribution in [1.82, 2.24) is 4.31 Å². The summed E-state index contributed by atoms with van der Waals surface area (Å²) in [5.41, 5.74) is 0.759. The Morgan fingerprint density at radius 1 is 1.09 bits per heavy atom. The third kappa shape index (κ3) is 2.54. The lowest BCUT2D eigenvalue weighted by molar-refractivity contribution is 0.233. The van der Waals surface area contributed by atoms with Crippen molar-refractivity contribution < 1.29 is 13.2 Å². The summed E-state index contributed by atoms with van der Waals surface area (Å²) in [5.74, 6) is 0. The molecule has 0 aliphatic carbocycles. The highest BCUT2D eigenvalue weighted by molar-refractivity contribution is 7.90. The molecule has 2 aromatic carbocycles. The summed E-state index contributed by atoms with van der Waals surface area (Å²) < 4.78 is 25.9. The highest BCUT2D eigenvalue weighted by Crippen LogP contribution is 2.32. The number of halogens is 2. The Morgan fingerprint density at radius 2 is 1.82 bits per heavy atom. The second-order valence-electron chi connectivity index (χ2n) is 4.67. The number of carbonyl (C=O) groups is 1. The summed E-state index contributed by atoms with van der Waals surface area (Å²) in [7, 11) is -3.93. The summed E-state index contributed by atoms with van der Waals surface area (Å²) in [6.07, 6.45) is 0. The van der Waals surface area contributed by atoms with Crippen LogP contribution in [0.3, 0.4) is 0 Å². The van der Waals surface area contributed by atoms with Gasteiger partial charge in [-0.2, -0.15) is 0 Å². The quantitative estimate of drug-likeness (QED) is 0.891. The molecule has 1 N–H and O–H groups in total. The van der Waals surface area contributed by atoms with Gasteiger partial charge in [-0.05, 0) is 29.8 Å². The number of hydrogen-bond donors (Lipinski definition) is 1. The van der Waals surface area contributed by atoms with Gasteiger partial charge in [-0.15, -0.1) is 0 Å². The Balaban J connectivity index is 2.03. The summed E-state index contributed by atoms with van der Waals surface area (Å²) in [5, 5.41) is 3.29. The number of urea groups is 1. The minimum absolute atomic E-state index is 0.0553. The van der Waals surface area contributed by atoms with E-state index in [2.05, 4.69) is 5.32 Å². The molecule has 0 spiro atoms. The molecule has 0 fully saturated rings. The van der Waals surface area contributed by atoms with E-state index in [1.807, 2.05) is 0 Å². The normalized spacial score (nSPS) is 16.1. The van der Waals surface area contributed by atoms with E-state index in [1.54, 1.807) is 24.3 Å². The van der Waals surface area contributed by atoms with Gasteiger partial charge in [-0.25, -0.2) is 17.5 Å². The van der Waals surface area contributed by atoms with Crippen molar-refractivity contribution in [1.29, 1.82) is 0 Å². The van der Waals surface area contributed by atoms with Crippen LogP contribution in [0.4, 0.5) is 10.5 Å². The fourth-order valence-electron chi connectivity index (χ4n) is 2.16. The number of benzene rings is 2. The van der Waals surface area contributed by atoms with E-state index < -0.39 is 16.1 Å². The number of fused-ring (bicyclic) bond motifs is 1. The highest BCUT2D eigenvalue weighted by Gasteiger charge is 2.36. The van der Waals surface area contributed by atoms with Crippen LogP contribution >= 0.6 is 23.2 Å². The molecule has 0 bridgehead atoms. The van der Waals surface area contributed by atoms with Crippen LogP contribution in [0.25, 0.3) is 0 Å². The zero-order valence-corrected chi connectivity index (χ0v) is 13.4. The van der Waals surface area contributed by atoms with Crippen molar-refractivity contribution in [3.63, 3.8) is 0 Å². The van der Waals surface area contributed by atoms with Gasteiger partial charge in [0.05, 0.1) is 12.2 Å². The summed E-state index contributed by atoms with van der Waals surface area (Å²) >= 11 is 11.9. The Labute approximate surface area is 137 Å². The van der Waals surface area contributed by atoms with E-state index in [-0.39, 0.29) is 17.1 Å². The molecule has 0 radical (unpaired) electrons. The molecule has 0 aromatic heterocycles. The minimum atomic E-state index is -3.93. The summed E-state index contributed by atoms with van der Waals surface area (Å²) in [6, 6.07) is 10.2. The van der Waals surface area contributed by atoms with E-state index in [9.17, 15) is 13.2 Å². The molecule has 1 heterocycles. The molecule has 2 aromatic rings. The standard InChI is InChI=1S/C14H10Cl2N2O3S/c15-10-6-5-9(11(16)7-10)8-18-14(19)17-12-3-1-2-4-13(12)22(18,20)21/h1-7H,8H2,(H,17,19). The number of hydrogen-bond acceptors (Lipinski definition) is 3. The number of rotatable bonds is 2. The molecule has 2 amide bonds. The first-order valence-corrected chi connectivity index (χ1v) is 8.46. The molecule has 114 valence electrons. The average Bonchev–Trinajstić information content (AvgIpc) is 2.45. The molecule has 8 heteroatoms. The maximum absolute atomic E-state index is 12.6. The topological polar surface area (TPSA) is 66.5 Å². The van der Waals surface area contributed by atoms with Crippen molar-refractivity contribution in [2.24, 2.45) is 0 Å². The fraction of sp³-hybridized carbons (Fsp3) is 0.0714. The second-order valence-corrected chi connectivity index (χ2v) is 7.35. The lowest BCUT2D eigenvalue weighted by Gasteiger charge is -2.28. The van der Waals surface area contributed by atoms with Gasteiger partial charge in [0, 0.05) is 10.0 Å². The highest BCUT2D eigenvalue weighted by atomic mass is 35.5. The average molecular weight is 357 g/mol. The zero-order chi connectivity index (χ0) is 15.9. The van der Waals surface area contributed by atoms with Crippen molar-refractivity contribution in [3.8, 4) is 0 Å². The number of amides is 2. The van der Waals surface area contributed by atoms with Crippen LogP contribution in [0.5, 0.6) is 0 Å². The van der Waals surface area contributed by atoms with Gasteiger partial charge < -0.3 is 5.32 Å². The third-order valence-corrected chi connectivity index (χ3v) is 5.63. The minimum Gasteiger partial charge on any atom is -0.306 e. The molecule has 5 nitrogen and oxygen atoms in total. The first-order chi connectivity index (χ1) is 10.4. The largest absolute Gasteiger partial charge is 0.336 e. The van der Waals surface area contributed by atoms with Crippen LogP contribution in [0.1, 0.15) is 5.56 Å². The van der Waals surface area contributed by atoms with Gasteiger partial charge in [-0.1, -0.05) is 41.4 Å². The van der Waals surface area contributed by atoms with Crippen molar-refractivity contribution >= 4 is 44.9 Å². The van der Waals surface area contributed by atoms with Gasteiger partial charge in [0.2, 0.25) is 0 Å². The van der Waals surface area contributed by atoms with Crippen LogP contribution in [0.2, 0.25) is 10.0 Å². The lowest BCUT2D eigenvalue weighted by Crippen LogP contribution is -2.43. The zero-order valence-electron chi connectivity index (χ0n) is 11.1. The third-order valence-electron chi connectivity index (χ3n) is 3.25. The fourth-order valence-corrected chi connectivity index (χ4v) is 4.09. The van der Waals surface area contributed by atoms with Crippen LogP contribution in [-0.2, 0) is 16.6 Å². The molecule has 0 saturated carbocycles. The molecule has 1 aliphatic rings. The molecule has 0 saturated heterocycles. The van der Waals surface area contributed by atoms with Gasteiger partial charge in [0.1, 0.15) is 4.90 Å². The smallest absolute Gasteiger partial charge is 0.306 e. The van der Waals surface area contributed by atoms with E-state index in [0.717, 1.165) is 4.31 Å². The number of sulfonamides is 1. The Hall–Kier alpha value is -1.76. The van der Waals surface area contributed by atoms with E-state index in [0.29, 0.717) is 15.6 Å². The predicted molar refractivity (Wildman–Crippen MR) is 84.7 cm³/mol. The molecule has 0 unspecified atom stereocenters. The van der Waals surface area contributed by atoms with E-state index in [1.165, 1.54) is 18.2 Å². The van der Waals surface area contributed by atoms with Crippen molar-refractivity contribution in [3.05, 3.63) is 58.1 Å². The van der Waals surface area contributed by atoms with E-state index >= 15 is 0 Å². The van der Waals surface area contributed by atoms with Gasteiger partial charge in [0.15, 0.2) is 0 Å². The van der Waals surface area contributed by atoms with E-state index in [4.69, 9.17) is 23.2 Å². The predicted octanol–water partition coefficient (Wildman–Crippen LogP) is 3.73. The molecule has 0 atom stereocenters. The van der Waals surface area contributed by atoms with Crippen molar-refractivity contribution in [2.45, 2.75) is 11.4 Å². The second kappa shape index (κ2) is 5.46. The molecular weight excluding hydrogens is 347 g/mol. The summed E-state index contributed by atoms with van der Waals surface area (Å²) in [4.78, 5) is 12.2. The number of carbonyl (C=O) groups excluding carboxylic acids is 1. The Kier molecular flexibility index (Phi) is 3.76. The number of nitrogens with one attached hydrogen (secondary N) is 1. The first-order valence-electron chi connectivity index (χ1n) is 6.26. The molecule has 3 rings (SSSR count). The first kappa shape index (κ1) is 15.1. The van der Waals surface area contributed by atoms with Crippen LogP contribution in [0.15, 0.2) is 47.4 Å². The SMILES string of the molecule is O=C1Nc2ccccc2S(=O)(=O)N1Cc1ccc(Cl)cc1Cl. The maximum Gasteiger partial charge on any atom is 0.336 e. The molecular formula is C14H10Cl2N2O3S. The Morgan fingerprint density at radius 3 is 2.55 bits per heavy atom. The number of para-hydroxylation sites is 1. The molecule has 1 aliphatic heterocycles. The van der Waals surface area contributed by atoms with Crippen LogP contribution in [0, 0.1) is 0 Å². The number of anilines is 1. The van der Waals surface area contributed by atoms with Gasteiger partial charge in [0.25, 0.3) is 10.0 Å². The van der Waals surface area contributed by atoms with Crippen molar-refractivity contribution in [2.75, 3.05) is 5.32 Å². The van der Waals surface area contributed by atoms with Crippen LogP contribution in [-0.4, -0.2) is 18.8 Å². The molecule has 22 heavy (non-hydrogen) atoms. The Bertz CT molecular complexity index is 868. The lowest BCUT2D eigenvalue weighted by atomic mass is 10.2.